The molecule has 0 aromatic heterocycles. The standard InChI is InChI=1S/C16H24N2O/c1-16(2)11-7-6-10-13(16)18-15(19)14(17)12-8-4-3-5-9-12/h3-5,8-9,13-14H,6-7,10-11,17H2,1-2H3,(H,18,19)/t13?,14-/m0/s1. The Labute approximate surface area is 115 Å². The Morgan fingerprint density at radius 1 is 1.32 bits per heavy atom. The molecule has 2 rings (SSSR count). The van der Waals surface area contributed by atoms with E-state index in [2.05, 4.69) is 19.2 Å². The van der Waals surface area contributed by atoms with E-state index in [9.17, 15) is 4.79 Å². The van der Waals surface area contributed by atoms with E-state index >= 15 is 0 Å². The molecule has 2 atom stereocenters. The number of rotatable bonds is 3. The van der Waals surface area contributed by atoms with Gasteiger partial charge in [-0.25, -0.2) is 0 Å². The van der Waals surface area contributed by atoms with E-state index in [-0.39, 0.29) is 17.4 Å². The Balaban J connectivity index is 2.01. The topological polar surface area (TPSA) is 55.1 Å². The van der Waals surface area contributed by atoms with Crippen molar-refractivity contribution in [1.82, 2.24) is 5.32 Å². The van der Waals surface area contributed by atoms with E-state index in [4.69, 9.17) is 5.73 Å². The normalized spacial score (nSPS) is 23.6. The van der Waals surface area contributed by atoms with Gasteiger partial charge >= 0.3 is 0 Å². The summed E-state index contributed by atoms with van der Waals surface area (Å²) < 4.78 is 0. The number of carbonyl (C=O) groups is 1. The number of benzene rings is 1. The second kappa shape index (κ2) is 5.74. The molecule has 104 valence electrons. The maximum absolute atomic E-state index is 12.3. The van der Waals surface area contributed by atoms with Crippen LogP contribution in [-0.4, -0.2) is 11.9 Å². The summed E-state index contributed by atoms with van der Waals surface area (Å²) in [5, 5.41) is 3.14. The second-order valence-electron chi connectivity index (χ2n) is 6.18. The molecule has 3 N–H and O–H groups in total. The molecule has 3 nitrogen and oxygen atoms in total. The molecule has 1 unspecified atom stereocenters. The highest BCUT2D eigenvalue weighted by molar-refractivity contribution is 5.83. The first-order valence-corrected chi connectivity index (χ1v) is 7.11. The van der Waals surface area contributed by atoms with E-state index in [0.29, 0.717) is 0 Å². The zero-order chi connectivity index (χ0) is 13.9. The minimum absolute atomic E-state index is 0.0637. The van der Waals surface area contributed by atoms with Gasteiger partial charge in [0.25, 0.3) is 0 Å². The number of hydrogen-bond acceptors (Lipinski definition) is 2. The average Bonchev–Trinajstić information content (AvgIpc) is 2.41. The summed E-state index contributed by atoms with van der Waals surface area (Å²) in [7, 11) is 0. The molecular weight excluding hydrogens is 236 g/mol. The SMILES string of the molecule is CC1(C)CCCCC1NC(=O)[C@@H](N)c1ccccc1. The molecule has 1 saturated carbocycles. The van der Waals surface area contributed by atoms with Crippen LogP contribution in [0, 0.1) is 5.41 Å². The van der Waals surface area contributed by atoms with Crippen molar-refractivity contribution in [1.29, 1.82) is 0 Å². The monoisotopic (exact) mass is 260 g/mol. The molecule has 1 aliphatic rings. The Hall–Kier alpha value is -1.35. The number of amides is 1. The van der Waals surface area contributed by atoms with Gasteiger partial charge in [-0.15, -0.1) is 0 Å². The van der Waals surface area contributed by atoms with Crippen LogP contribution in [-0.2, 0) is 4.79 Å². The molecule has 1 aromatic carbocycles. The van der Waals surface area contributed by atoms with Crippen molar-refractivity contribution < 1.29 is 4.79 Å². The van der Waals surface area contributed by atoms with Gasteiger partial charge in [-0.05, 0) is 23.8 Å². The van der Waals surface area contributed by atoms with Gasteiger partial charge in [0, 0.05) is 6.04 Å². The highest BCUT2D eigenvalue weighted by Gasteiger charge is 2.34. The van der Waals surface area contributed by atoms with Crippen molar-refractivity contribution in [2.24, 2.45) is 11.1 Å². The molecule has 1 aromatic rings. The highest BCUT2D eigenvalue weighted by Crippen LogP contribution is 2.35. The van der Waals surface area contributed by atoms with Gasteiger partial charge in [-0.3, -0.25) is 4.79 Å². The minimum Gasteiger partial charge on any atom is -0.351 e. The summed E-state index contributed by atoms with van der Waals surface area (Å²) in [4.78, 5) is 12.3. The molecule has 0 radical (unpaired) electrons. The summed E-state index contributed by atoms with van der Waals surface area (Å²) in [5.74, 6) is -0.0637. The molecule has 1 aliphatic carbocycles. The molecular formula is C16H24N2O. The zero-order valence-electron chi connectivity index (χ0n) is 11.9. The summed E-state index contributed by atoms with van der Waals surface area (Å²) in [6, 6.07) is 9.22. The number of nitrogens with two attached hydrogens (primary N) is 1. The fourth-order valence-corrected chi connectivity index (χ4v) is 2.83. The van der Waals surface area contributed by atoms with Gasteiger partial charge in [0.2, 0.25) is 5.91 Å². The van der Waals surface area contributed by atoms with E-state index < -0.39 is 6.04 Å². The van der Waals surface area contributed by atoms with Crippen molar-refractivity contribution >= 4 is 5.91 Å². The summed E-state index contributed by atoms with van der Waals surface area (Å²) >= 11 is 0. The lowest BCUT2D eigenvalue weighted by Gasteiger charge is -2.39. The van der Waals surface area contributed by atoms with Crippen LogP contribution in [0.1, 0.15) is 51.1 Å². The Morgan fingerprint density at radius 2 is 2.00 bits per heavy atom. The van der Waals surface area contributed by atoms with Crippen LogP contribution in [0.25, 0.3) is 0 Å². The van der Waals surface area contributed by atoms with Crippen LogP contribution >= 0.6 is 0 Å². The predicted octanol–water partition coefficient (Wildman–Crippen LogP) is 2.77. The fourth-order valence-electron chi connectivity index (χ4n) is 2.83. The molecule has 3 heteroatoms. The maximum atomic E-state index is 12.3. The van der Waals surface area contributed by atoms with Gasteiger partial charge in [0.1, 0.15) is 6.04 Å². The lowest BCUT2D eigenvalue weighted by atomic mass is 9.73. The van der Waals surface area contributed by atoms with Gasteiger partial charge in [-0.1, -0.05) is 57.0 Å². The number of nitrogens with one attached hydrogen (secondary N) is 1. The van der Waals surface area contributed by atoms with Crippen molar-refractivity contribution in [3.05, 3.63) is 35.9 Å². The van der Waals surface area contributed by atoms with Gasteiger partial charge in [0.15, 0.2) is 0 Å². The van der Waals surface area contributed by atoms with Crippen LogP contribution in [0.5, 0.6) is 0 Å². The van der Waals surface area contributed by atoms with Crippen LogP contribution in [0.4, 0.5) is 0 Å². The van der Waals surface area contributed by atoms with Gasteiger partial charge < -0.3 is 11.1 Å². The van der Waals surface area contributed by atoms with Gasteiger partial charge in [0.05, 0.1) is 0 Å². The summed E-state index contributed by atoms with van der Waals surface area (Å²) in [6.07, 6.45) is 4.66. The fraction of sp³-hybridized carbons (Fsp3) is 0.562. The van der Waals surface area contributed by atoms with Gasteiger partial charge in [-0.2, -0.15) is 0 Å². The quantitative estimate of drug-likeness (QED) is 0.878. The van der Waals surface area contributed by atoms with E-state index in [0.717, 1.165) is 12.0 Å². The van der Waals surface area contributed by atoms with E-state index in [1.807, 2.05) is 30.3 Å². The van der Waals surface area contributed by atoms with Crippen LogP contribution in [0.3, 0.4) is 0 Å². The predicted molar refractivity (Wildman–Crippen MR) is 77.6 cm³/mol. The average molecular weight is 260 g/mol. The third kappa shape index (κ3) is 3.35. The molecule has 0 spiro atoms. The highest BCUT2D eigenvalue weighted by atomic mass is 16.2. The molecule has 0 bridgehead atoms. The Morgan fingerprint density at radius 3 is 2.63 bits per heavy atom. The third-order valence-electron chi connectivity index (χ3n) is 4.26. The van der Waals surface area contributed by atoms with Crippen molar-refractivity contribution in [3.63, 3.8) is 0 Å². The van der Waals surface area contributed by atoms with Crippen molar-refractivity contribution in [2.75, 3.05) is 0 Å². The van der Waals surface area contributed by atoms with Crippen molar-refractivity contribution in [2.45, 2.75) is 51.6 Å². The first kappa shape index (κ1) is 14.1. The molecule has 0 saturated heterocycles. The maximum Gasteiger partial charge on any atom is 0.241 e. The van der Waals surface area contributed by atoms with E-state index in [1.54, 1.807) is 0 Å². The molecule has 19 heavy (non-hydrogen) atoms. The smallest absolute Gasteiger partial charge is 0.241 e. The van der Waals surface area contributed by atoms with Crippen LogP contribution < -0.4 is 11.1 Å². The zero-order valence-corrected chi connectivity index (χ0v) is 11.9. The van der Waals surface area contributed by atoms with Crippen LogP contribution in [0.2, 0.25) is 0 Å². The largest absolute Gasteiger partial charge is 0.351 e. The first-order chi connectivity index (χ1) is 9.00. The molecule has 1 fully saturated rings. The first-order valence-electron chi connectivity index (χ1n) is 7.11. The Kier molecular flexibility index (Phi) is 4.25. The van der Waals surface area contributed by atoms with E-state index in [1.165, 1.54) is 19.3 Å². The Bertz CT molecular complexity index is 428. The minimum atomic E-state index is -0.570. The third-order valence-corrected chi connectivity index (χ3v) is 4.26. The number of carbonyl (C=O) groups excluding carboxylic acids is 1. The lowest BCUT2D eigenvalue weighted by molar-refractivity contribution is -0.124. The molecule has 1 amide bonds. The lowest BCUT2D eigenvalue weighted by Crippen LogP contribution is -2.49. The second-order valence-corrected chi connectivity index (χ2v) is 6.18. The van der Waals surface area contributed by atoms with Crippen LogP contribution in [0.15, 0.2) is 30.3 Å². The summed E-state index contributed by atoms with van der Waals surface area (Å²) in [5.41, 5.74) is 7.07. The molecule has 0 heterocycles. The summed E-state index contributed by atoms with van der Waals surface area (Å²) in [6.45, 7) is 4.45. The number of hydrogen-bond donors (Lipinski definition) is 2. The molecule has 0 aliphatic heterocycles. The van der Waals surface area contributed by atoms with Crippen molar-refractivity contribution in [3.8, 4) is 0 Å².